The summed E-state index contributed by atoms with van der Waals surface area (Å²) in [5, 5.41) is 5.36. The van der Waals surface area contributed by atoms with Gasteiger partial charge >= 0.3 is 0 Å². The van der Waals surface area contributed by atoms with Gasteiger partial charge in [0.2, 0.25) is 5.56 Å². The van der Waals surface area contributed by atoms with Crippen molar-refractivity contribution in [3.05, 3.63) is 40.7 Å². The molecule has 2 N–H and O–H groups in total. The lowest BCUT2D eigenvalue weighted by molar-refractivity contribution is -0.0887. The number of nitrogens with zero attached hydrogens (tertiary/aromatic N) is 2. The molecule has 0 radical (unpaired) electrons. The Morgan fingerprint density at radius 2 is 1.85 bits per heavy atom. The fourth-order valence-electron chi connectivity index (χ4n) is 5.83. The molecule has 2 heterocycles. The summed E-state index contributed by atoms with van der Waals surface area (Å²) in [7, 11) is 1.68. The SMILES string of the molecule is COCOC1CCN(CCN(CC2CCCCCCC2)C(=S)NCCCOc2ccc3[nH]c(=O)ccc3c2)CC1. The van der Waals surface area contributed by atoms with E-state index >= 15 is 0 Å². The molecule has 8 nitrogen and oxygen atoms in total. The monoisotopic (exact) mass is 572 g/mol. The highest BCUT2D eigenvalue weighted by Gasteiger charge is 2.22. The third-order valence-corrected chi connectivity index (χ3v) is 8.60. The number of H-pyrrole nitrogens is 1. The number of hydrogen-bond acceptors (Lipinski definition) is 6. The molecular weight excluding hydrogens is 524 g/mol. The van der Waals surface area contributed by atoms with Crippen LogP contribution in [0.5, 0.6) is 5.75 Å². The number of benzene rings is 1. The minimum atomic E-state index is -0.0936. The molecule has 0 spiro atoms. The summed E-state index contributed by atoms with van der Waals surface area (Å²) in [4.78, 5) is 19.3. The van der Waals surface area contributed by atoms with Crippen LogP contribution >= 0.6 is 12.2 Å². The van der Waals surface area contributed by atoms with Crippen LogP contribution in [0.3, 0.4) is 0 Å². The second-order valence-electron chi connectivity index (χ2n) is 11.3. The van der Waals surface area contributed by atoms with Gasteiger partial charge in [0.1, 0.15) is 12.5 Å². The summed E-state index contributed by atoms with van der Waals surface area (Å²) in [6, 6.07) is 9.12. The number of piperidine rings is 1. The molecule has 0 amide bonds. The highest BCUT2D eigenvalue weighted by Crippen LogP contribution is 2.23. The number of rotatable bonds is 13. The highest BCUT2D eigenvalue weighted by molar-refractivity contribution is 7.80. The van der Waals surface area contributed by atoms with E-state index in [1.165, 1.54) is 44.9 Å². The first-order valence-electron chi connectivity index (χ1n) is 15.2. The largest absolute Gasteiger partial charge is 0.494 e. The van der Waals surface area contributed by atoms with Gasteiger partial charge in [-0.25, -0.2) is 0 Å². The molecule has 1 saturated heterocycles. The van der Waals surface area contributed by atoms with Crippen LogP contribution in [0.4, 0.5) is 0 Å². The van der Waals surface area contributed by atoms with Gasteiger partial charge in [0.05, 0.1) is 12.7 Å². The Hall–Kier alpha value is -2.20. The minimum absolute atomic E-state index is 0.0936. The van der Waals surface area contributed by atoms with E-state index in [0.29, 0.717) is 19.5 Å². The van der Waals surface area contributed by atoms with Crippen molar-refractivity contribution in [1.82, 2.24) is 20.1 Å². The van der Waals surface area contributed by atoms with Crippen LogP contribution < -0.4 is 15.6 Å². The summed E-state index contributed by atoms with van der Waals surface area (Å²) >= 11 is 5.94. The van der Waals surface area contributed by atoms with E-state index in [1.807, 2.05) is 24.3 Å². The van der Waals surface area contributed by atoms with E-state index in [9.17, 15) is 4.79 Å². The molecule has 0 unspecified atom stereocenters. The van der Waals surface area contributed by atoms with Gasteiger partial charge in [0, 0.05) is 63.3 Å². The number of aromatic nitrogens is 1. The lowest BCUT2D eigenvalue weighted by Crippen LogP contribution is -2.47. The zero-order chi connectivity index (χ0) is 28.0. The van der Waals surface area contributed by atoms with Gasteiger partial charge in [-0.15, -0.1) is 0 Å². The predicted molar refractivity (Wildman–Crippen MR) is 165 cm³/mol. The highest BCUT2D eigenvalue weighted by atomic mass is 32.1. The van der Waals surface area contributed by atoms with Crippen molar-refractivity contribution in [2.45, 2.75) is 70.3 Å². The normalized spacial score (nSPS) is 17.8. The fourth-order valence-corrected chi connectivity index (χ4v) is 6.10. The number of thiocarbonyl (C=S) groups is 1. The summed E-state index contributed by atoms with van der Waals surface area (Å²) in [6.07, 6.45) is 12.7. The van der Waals surface area contributed by atoms with Crippen molar-refractivity contribution >= 4 is 28.2 Å². The third kappa shape index (κ3) is 10.3. The summed E-state index contributed by atoms with van der Waals surface area (Å²) in [6.45, 7) is 6.94. The van der Waals surface area contributed by atoms with Gasteiger partial charge < -0.3 is 34.3 Å². The van der Waals surface area contributed by atoms with Crippen molar-refractivity contribution < 1.29 is 14.2 Å². The molecule has 2 aromatic rings. The average molecular weight is 573 g/mol. The summed E-state index contributed by atoms with van der Waals surface area (Å²) in [5.41, 5.74) is 0.726. The molecule has 1 aliphatic carbocycles. The lowest BCUT2D eigenvalue weighted by atomic mass is 9.91. The maximum Gasteiger partial charge on any atom is 0.248 e. The van der Waals surface area contributed by atoms with E-state index in [4.69, 9.17) is 26.4 Å². The second-order valence-corrected chi connectivity index (χ2v) is 11.7. The minimum Gasteiger partial charge on any atom is -0.494 e. The van der Waals surface area contributed by atoms with E-state index in [1.54, 1.807) is 13.2 Å². The Morgan fingerprint density at radius 3 is 2.62 bits per heavy atom. The third-order valence-electron chi connectivity index (χ3n) is 8.19. The van der Waals surface area contributed by atoms with Gasteiger partial charge in [-0.05, 0) is 74.5 Å². The van der Waals surface area contributed by atoms with Gasteiger partial charge in [-0.1, -0.05) is 32.1 Å². The number of aromatic amines is 1. The van der Waals surface area contributed by atoms with Crippen LogP contribution in [0.15, 0.2) is 35.1 Å². The molecule has 2 aliphatic rings. The second kappa shape index (κ2) is 16.9. The smallest absolute Gasteiger partial charge is 0.248 e. The van der Waals surface area contributed by atoms with Crippen molar-refractivity contribution in [3.8, 4) is 5.75 Å². The van der Waals surface area contributed by atoms with E-state index in [0.717, 1.165) is 86.2 Å². The molecule has 9 heteroatoms. The molecule has 40 heavy (non-hydrogen) atoms. The van der Waals surface area contributed by atoms with Gasteiger partial charge in [-0.2, -0.15) is 0 Å². The van der Waals surface area contributed by atoms with Crippen molar-refractivity contribution in [3.63, 3.8) is 0 Å². The molecule has 0 bridgehead atoms. The molecule has 222 valence electrons. The van der Waals surface area contributed by atoms with Gasteiger partial charge in [-0.3, -0.25) is 4.79 Å². The molecule has 1 saturated carbocycles. The number of methoxy groups -OCH3 is 1. The van der Waals surface area contributed by atoms with E-state index in [-0.39, 0.29) is 5.56 Å². The zero-order valence-electron chi connectivity index (χ0n) is 24.2. The van der Waals surface area contributed by atoms with Gasteiger partial charge in [0.25, 0.3) is 0 Å². The molecule has 4 rings (SSSR count). The lowest BCUT2D eigenvalue weighted by Gasteiger charge is -2.35. The Balaban J connectivity index is 1.22. The Labute approximate surface area is 244 Å². The number of nitrogens with one attached hydrogen (secondary N) is 2. The number of likely N-dealkylation sites (tertiary alicyclic amines) is 1. The van der Waals surface area contributed by atoms with Crippen molar-refractivity contribution in [1.29, 1.82) is 0 Å². The van der Waals surface area contributed by atoms with Crippen molar-refractivity contribution in [2.24, 2.45) is 5.92 Å². The fraction of sp³-hybridized carbons (Fsp3) is 0.677. The van der Waals surface area contributed by atoms with Crippen LogP contribution in [0, 0.1) is 5.92 Å². The number of hydrogen-bond donors (Lipinski definition) is 2. The Morgan fingerprint density at radius 1 is 1.07 bits per heavy atom. The topological polar surface area (TPSA) is 79.1 Å². The summed E-state index contributed by atoms with van der Waals surface area (Å²) < 4.78 is 16.8. The molecule has 1 aromatic carbocycles. The standard InChI is InChI=1S/C31H48N4O4S/c1-37-24-39-27-14-17-34(18-15-27)19-20-35(23-25-8-5-3-2-4-6-9-25)31(40)32-16-7-21-38-28-11-12-29-26(22-28)10-13-30(36)33-29/h10-13,22,25,27H,2-9,14-21,23-24H2,1H3,(H,32,40)(H,33,36). The number of ether oxygens (including phenoxy) is 3. The predicted octanol–water partition coefficient (Wildman–Crippen LogP) is 4.92. The molecular formula is C31H48N4O4S. The van der Waals surface area contributed by atoms with Crippen LogP contribution in [0.25, 0.3) is 10.9 Å². The molecule has 1 aromatic heterocycles. The van der Waals surface area contributed by atoms with Crippen LogP contribution in [-0.4, -0.2) is 85.8 Å². The first kappa shape index (κ1) is 30.8. The van der Waals surface area contributed by atoms with Crippen molar-refractivity contribution in [2.75, 3.05) is 59.8 Å². The van der Waals surface area contributed by atoms with Crippen LogP contribution in [0.2, 0.25) is 0 Å². The molecule has 2 fully saturated rings. The van der Waals surface area contributed by atoms with E-state index < -0.39 is 0 Å². The van der Waals surface area contributed by atoms with E-state index in [2.05, 4.69) is 20.1 Å². The maximum absolute atomic E-state index is 11.5. The summed E-state index contributed by atoms with van der Waals surface area (Å²) in [5.74, 6) is 1.53. The number of pyridine rings is 1. The first-order valence-corrected chi connectivity index (χ1v) is 15.6. The van der Waals surface area contributed by atoms with Crippen LogP contribution in [0.1, 0.15) is 64.2 Å². The van der Waals surface area contributed by atoms with Crippen LogP contribution in [-0.2, 0) is 9.47 Å². The first-order chi connectivity index (χ1) is 19.6. The quantitative estimate of drug-likeness (QED) is 0.199. The Bertz CT molecular complexity index is 1080. The maximum atomic E-state index is 11.5. The Kier molecular flexibility index (Phi) is 13.0. The zero-order valence-corrected chi connectivity index (χ0v) is 25.0. The average Bonchev–Trinajstić information content (AvgIpc) is 2.95. The number of fused-ring (bicyclic) bond motifs is 1. The molecule has 1 aliphatic heterocycles. The van der Waals surface area contributed by atoms with Gasteiger partial charge in [0.15, 0.2) is 5.11 Å². The molecule has 0 atom stereocenters.